The molecule has 4 nitrogen and oxygen atoms in total. The van der Waals surface area contributed by atoms with E-state index in [1.165, 1.54) is 12.0 Å². The van der Waals surface area contributed by atoms with E-state index in [1.54, 1.807) is 7.11 Å². The second-order valence-corrected chi connectivity index (χ2v) is 5.57. The van der Waals surface area contributed by atoms with Gasteiger partial charge in [-0.15, -0.1) is 0 Å². The monoisotopic (exact) mass is 290 g/mol. The van der Waals surface area contributed by atoms with Gasteiger partial charge >= 0.3 is 0 Å². The summed E-state index contributed by atoms with van der Waals surface area (Å²) in [5, 5.41) is 0. The van der Waals surface area contributed by atoms with E-state index in [0.717, 1.165) is 44.9 Å². The van der Waals surface area contributed by atoms with E-state index in [1.807, 2.05) is 29.2 Å². The maximum atomic E-state index is 12.2. The van der Waals surface area contributed by atoms with Gasteiger partial charge in [0.05, 0.1) is 7.11 Å². The Bertz CT molecular complexity index is 437. The summed E-state index contributed by atoms with van der Waals surface area (Å²) in [4.78, 5) is 16.7. The van der Waals surface area contributed by atoms with Crippen molar-refractivity contribution in [2.75, 3.05) is 39.8 Å². The normalized spacial score (nSPS) is 16.0. The molecule has 1 aliphatic rings. The molecule has 0 saturated carbocycles. The molecule has 0 radical (unpaired) electrons. The number of aryl methyl sites for hydroxylation is 1. The van der Waals surface area contributed by atoms with Gasteiger partial charge in [-0.3, -0.25) is 9.69 Å². The first-order valence-electron chi connectivity index (χ1n) is 7.86. The lowest BCUT2D eigenvalue weighted by molar-refractivity contribution is -0.132. The summed E-state index contributed by atoms with van der Waals surface area (Å²) in [6.07, 6.45) is 2.59. The van der Waals surface area contributed by atoms with Crippen molar-refractivity contribution in [3.63, 3.8) is 0 Å². The SMILES string of the molecule is CCCN1CCN(C(=O)CCc2ccc(OC)cc2)CC1. The van der Waals surface area contributed by atoms with E-state index in [2.05, 4.69) is 11.8 Å². The van der Waals surface area contributed by atoms with Crippen LogP contribution in [0.25, 0.3) is 0 Å². The Morgan fingerprint density at radius 1 is 1.14 bits per heavy atom. The van der Waals surface area contributed by atoms with Gasteiger partial charge in [-0.25, -0.2) is 0 Å². The van der Waals surface area contributed by atoms with Gasteiger partial charge in [0, 0.05) is 32.6 Å². The lowest BCUT2D eigenvalue weighted by Gasteiger charge is -2.34. The molecule has 1 saturated heterocycles. The fraction of sp³-hybridized carbons (Fsp3) is 0.588. The molecule has 21 heavy (non-hydrogen) atoms. The summed E-state index contributed by atoms with van der Waals surface area (Å²) >= 11 is 0. The molecule has 1 fully saturated rings. The van der Waals surface area contributed by atoms with Crippen molar-refractivity contribution in [2.45, 2.75) is 26.2 Å². The number of ether oxygens (including phenoxy) is 1. The van der Waals surface area contributed by atoms with Gasteiger partial charge in [-0.1, -0.05) is 19.1 Å². The Morgan fingerprint density at radius 2 is 1.81 bits per heavy atom. The topological polar surface area (TPSA) is 32.8 Å². The summed E-state index contributed by atoms with van der Waals surface area (Å²) in [6, 6.07) is 7.96. The third-order valence-corrected chi connectivity index (χ3v) is 4.05. The number of benzene rings is 1. The standard InChI is InChI=1S/C17H26N2O2/c1-3-10-18-11-13-19(14-12-18)17(20)9-6-15-4-7-16(21-2)8-5-15/h4-5,7-8H,3,6,9-14H2,1-2H3. The fourth-order valence-electron chi connectivity index (χ4n) is 2.74. The second kappa shape index (κ2) is 8.03. The van der Waals surface area contributed by atoms with Crippen molar-refractivity contribution in [1.29, 1.82) is 0 Å². The van der Waals surface area contributed by atoms with Gasteiger partial charge in [0.25, 0.3) is 0 Å². The molecule has 0 N–H and O–H groups in total. The molecule has 0 spiro atoms. The first-order valence-corrected chi connectivity index (χ1v) is 7.86. The van der Waals surface area contributed by atoms with Gasteiger partial charge in [0.2, 0.25) is 5.91 Å². The van der Waals surface area contributed by atoms with Crippen LogP contribution < -0.4 is 4.74 Å². The third kappa shape index (κ3) is 4.74. The predicted octanol–water partition coefficient (Wildman–Crippen LogP) is 2.18. The maximum absolute atomic E-state index is 12.2. The Kier molecular flexibility index (Phi) is 6.05. The largest absolute Gasteiger partial charge is 0.497 e. The Labute approximate surface area is 127 Å². The Balaban J connectivity index is 1.74. The second-order valence-electron chi connectivity index (χ2n) is 5.57. The summed E-state index contributed by atoms with van der Waals surface area (Å²) in [7, 11) is 1.66. The summed E-state index contributed by atoms with van der Waals surface area (Å²) < 4.78 is 5.14. The van der Waals surface area contributed by atoms with Gasteiger partial charge in [0.15, 0.2) is 0 Å². The molecule has 0 aromatic heterocycles. The van der Waals surface area contributed by atoms with E-state index in [0.29, 0.717) is 6.42 Å². The summed E-state index contributed by atoms with van der Waals surface area (Å²) in [6.45, 7) is 7.13. The predicted molar refractivity (Wildman–Crippen MR) is 84.6 cm³/mol. The number of rotatable bonds is 6. The number of methoxy groups -OCH3 is 1. The summed E-state index contributed by atoms with van der Waals surface area (Å²) in [5.41, 5.74) is 1.19. The minimum atomic E-state index is 0.280. The van der Waals surface area contributed by atoms with Gasteiger partial charge in [0.1, 0.15) is 5.75 Å². The van der Waals surface area contributed by atoms with E-state index < -0.39 is 0 Å². The number of hydrogen-bond donors (Lipinski definition) is 0. The molecule has 0 bridgehead atoms. The van der Waals surface area contributed by atoms with Crippen LogP contribution in [0.2, 0.25) is 0 Å². The molecule has 1 amide bonds. The third-order valence-electron chi connectivity index (χ3n) is 4.05. The molecule has 2 rings (SSSR count). The van der Waals surface area contributed by atoms with Crippen molar-refractivity contribution in [2.24, 2.45) is 0 Å². The molecule has 116 valence electrons. The van der Waals surface area contributed by atoms with Crippen LogP contribution >= 0.6 is 0 Å². The molecule has 0 aliphatic carbocycles. The van der Waals surface area contributed by atoms with Crippen molar-refractivity contribution in [1.82, 2.24) is 9.80 Å². The van der Waals surface area contributed by atoms with Crippen LogP contribution in [0.5, 0.6) is 5.75 Å². The smallest absolute Gasteiger partial charge is 0.222 e. The number of carbonyl (C=O) groups excluding carboxylic acids is 1. The van der Waals surface area contributed by atoms with Gasteiger partial charge in [-0.05, 0) is 37.1 Å². The van der Waals surface area contributed by atoms with Crippen LogP contribution in [-0.2, 0) is 11.2 Å². The zero-order valence-electron chi connectivity index (χ0n) is 13.2. The van der Waals surface area contributed by atoms with Crippen LogP contribution in [0.1, 0.15) is 25.3 Å². The van der Waals surface area contributed by atoms with Crippen LogP contribution in [-0.4, -0.2) is 55.5 Å². The van der Waals surface area contributed by atoms with Crippen LogP contribution in [0.15, 0.2) is 24.3 Å². The number of amides is 1. The minimum Gasteiger partial charge on any atom is -0.497 e. The van der Waals surface area contributed by atoms with Crippen LogP contribution in [0.4, 0.5) is 0 Å². The average Bonchev–Trinajstić information content (AvgIpc) is 2.54. The first-order chi connectivity index (χ1) is 10.2. The lowest BCUT2D eigenvalue weighted by atomic mass is 10.1. The number of nitrogens with zero attached hydrogens (tertiary/aromatic N) is 2. The molecule has 1 aromatic rings. The zero-order valence-corrected chi connectivity index (χ0v) is 13.2. The number of piperazine rings is 1. The number of hydrogen-bond acceptors (Lipinski definition) is 3. The van der Waals surface area contributed by atoms with Crippen LogP contribution in [0, 0.1) is 0 Å². The maximum Gasteiger partial charge on any atom is 0.222 e. The highest BCUT2D eigenvalue weighted by Gasteiger charge is 2.20. The Morgan fingerprint density at radius 3 is 2.38 bits per heavy atom. The van der Waals surface area contributed by atoms with Crippen molar-refractivity contribution < 1.29 is 9.53 Å². The van der Waals surface area contributed by atoms with E-state index in [-0.39, 0.29) is 5.91 Å². The summed E-state index contributed by atoms with van der Waals surface area (Å²) in [5.74, 6) is 1.14. The van der Waals surface area contributed by atoms with Crippen molar-refractivity contribution in [3.8, 4) is 5.75 Å². The number of carbonyl (C=O) groups is 1. The molecule has 0 atom stereocenters. The molecule has 1 aromatic carbocycles. The minimum absolute atomic E-state index is 0.280. The average molecular weight is 290 g/mol. The highest BCUT2D eigenvalue weighted by Crippen LogP contribution is 2.13. The molecular formula is C17H26N2O2. The first kappa shape index (κ1) is 15.8. The molecule has 0 unspecified atom stereocenters. The van der Waals surface area contributed by atoms with Gasteiger partial charge in [-0.2, -0.15) is 0 Å². The lowest BCUT2D eigenvalue weighted by Crippen LogP contribution is -2.48. The van der Waals surface area contributed by atoms with Gasteiger partial charge < -0.3 is 9.64 Å². The molecule has 4 heteroatoms. The molecule has 1 aliphatic heterocycles. The molecule has 1 heterocycles. The molecular weight excluding hydrogens is 264 g/mol. The zero-order chi connectivity index (χ0) is 15.1. The quantitative estimate of drug-likeness (QED) is 0.805. The highest BCUT2D eigenvalue weighted by molar-refractivity contribution is 5.76. The van der Waals surface area contributed by atoms with Crippen LogP contribution in [0.3, 0.4) is 0 Å². The van der Waals surface area contributed by atoms with E-state index in [9.17, 15) is 4.79 Å². The van der Waals surface area contributed by atoms with E-state index >= 15 is 0 Å². The fourth-order valence-corrected chi connectivity index (χ4v) is 2.74. The van der Waals surface area contributed by atoms with Crippen molar-refractivity contribution in [3.05, 3.63) is 29.8 Å². The Hall–Kier alpha value is -1.55. The highest BCUT2D eigenvalue weighted by atomic mass is 16.5. The van der Waals surface area contributed by atoms with E-state index in [4.69, 9.17) is 4.74 Å². The van der Waals surface area contributed by atoms with Crippen molar-refractivity contribution >= 4 is 5.91 Å².